The Balaban J connectivity index is 1.63. The van der Waals surface area contributed by atoms with Crippen LogP contribution in [0.3, 0.4) is 0 Å². The maximum Gasteiger partial charge on any atom is 0.257 e. The highest BCUT2D eigenvalue weighted by molar-refractivity contribution is 5.94. The van der Waals surface area contributed by atoms with Crippen molar-refractivity contribution in [2.75, 3.05) is 6.54 Å². The summed E-state index contributed by atoms with van der Waals surface area (Å²) in [6.45, 7) is 0.653. The Hall–Kier alpha value is -3.16. The summed E-state index contributed by atoms with van der Waals surface area (Å²) in [7, 11) is 0. The number of amides is 3. The summed E-state index contributed by atoms with van der Waals surface area (Å²) in [5.74, 6) is -0.818. The summed E-state index contributed by atoms with van der Waals surface area (Å²) in [4.78, 5) is 37.9. The van der Waals surface area contributed by atoms with Crippen LogP contribution in [0, 0.1) is 0 Å². The minimum Gasteiger partial charge on any atom is -0.370 e. The Morgan fingerprint density at radius 2 is 1.90 bits per heavy atom. The molecule has 1 heterocycles. The first kappa shape index (κ1) is 20.6. The molecule has 3 N–H and O–H groups in total. The number of nitrogens with one attached hydrogen (secondary N) is 1. The molecule has 1 aromatic carbocycles. The van der Waals surface area contributed by atoms with Crippen LogP contribution in [0.5, 0.6) is 0 Å². The van der Waals surface area contributed by atoms with Crippen LogP contribution in [0.25, 0.3) is 0 Å². The van der Waals surface area contributed by atoms with E-state index in [-0.39, 0.29) is 37.4 Å². The van der Waals surface area contributed by atoms with E-state index in [0.717, 1.165) is 31.2 Å². The molecule has 1 aliphatic rings. The van der Waals surface area contributed by atoms with Gasteiger partial charge in [0.05, 0.1) is 11.8 Å². The number of benzene rings is 1. The van der Waals surface area contributed by atoms with Crippen molar-refractivity contribution in [3.8, 4) is 0 Å². The third-order valence-corrected chi connectivity index (χ3v) is 5.04. The van der Waals surface area contributed by atoms with E-state index in [0.29, 0.717) is 12.1 Å². The summed E-state index contributed by atoms with van der Waals surface area (Å²) in [6.07, 6.45) is 7.43. The lowest BCUT2D eigenvalue weighted by atomic mass is 10.2. The van der Waals surface area contributed by atoms with Crippen LogP contribution in [-0.4, -0.2) is 45.0 Å². The molecule has 29 heavy (non-hydrogen) atoms. The molecule has 8 nitrogen and oxygen atoms in total. The zero-order chi connectivity index (χ0) is 20.6. The third kappa shape index (κ3) is 6.17. The van der Waals surface area contributed by atoms with Gasteiger partial charge in [-0.05, 0) is 18.4 Å². The van der Waals surface area contributed by atoms with Crippen LogP contribution in [0.15, 0.2) is 42.7 Å². The van der Waals surface area contributed by atoms with Crippen LogP contribution in [0.1, 0.15) is 48.0 Å². The molecule has 0 unspecified atom stereocenters. The van der Waals surface area contributed by atoms with E-state index in [1.54, 1.807) is 11.1 Å². The first-order chi connectivity index (χ1) is 14.0. The molecular weight excluding hydrogens is 370 g/mol. The molecule has 0 saturated heterocycles. The molecule has 1 aromatic heterocycles. The van der Waals surface area contributed by atoms with E-state index in [2.05, 4.69) is 10.4 Å². The first-order valence-corrected chi connectivity index (χ1v) is 9.94. The lowest BCUT2D eigenvalue weighted by Crippen LogP contribution is -2.35. The molecule has 0 bridgehead atoms. The minimum atomic E-state index is -0.463. The van der Waals surface area contributed by atoms with Crippen molar-refractivity contribution in [3.05, 3.63) is 53.9 Å². The van der Waals surface area contributed by atoms with Gasteiger partial charge in [0, 0.05) is 31.7 Å². The highest BCUT2D eigenvalue weighted by Gasteiger charge is 2.20. The van der Waals surface area contributed by atoms with Gasteiger partial charge in [0.1, 0.15) is 6.54 Å². The second kappa shape index (κ2) is 9.86. The van der Waals surface area contributed by atoms with Crippen LogP contribution in [0.4, 0.5) is 0 Å². The first-order valence-electron chi connectivity index (χ1n) is 9.94. The molecule has 0 radical (unpaired) electrons. The number of aromatic nitrogens is 2. The third-order valence-electron chi connectivity index (χ3n) is 5.04. The molecule has 1 fully saturated rings. The van der Waals surface area contributed by atoms with E-state index in [1.807, 2.05) is 30.3 Å². The Morgan fingerprint density at radius 3 is 2.59 bits per heavy atom. The maximum absolute atomic E-state index is 13.0. The average Bonchev–Trinajstić information content (AvgIpc) is 3.37. The molecule has 154 valence electrons. The standard InChI is InChI=1S/C21H27N5O3/c22-19(27)10-11-25(13-16-6-2-1-3-7-16)21(29)17-12-23-26(14-17)15-20(28)24-18-8-4-5-9-18/h1-3,6-7,12,14,18H,4-5,8-11,13,15H2,(H2,22,27)(H,24,28). The Kier molecular flexibility index (Phi) is 6.99. The van der Waals surface area contributed by atoms with Crippen LogP contribution >= 0.6 is 0 Å². The highest BCUT2D eigenvalue weighted by atomic mass is 16.2. The molecule has 0 aliphatic heterocycles. The maximum atomic E-state index is 13.0. The molecular formula is C21H27N5O3. The summed E-state index contributed by atoms with van der Waals surface area (Å²) in [6, 6.07) is 9.78. The van der Waals surface area contributed by atoms with Crippen molar-refractivity contribution in [1.29, 1.82) is 0 Å². The number of hydrogen-bond acceptors (Lipinski definition) is 4. The van der Waals surface area contributed by atoms with Crippen LogP contribution < -0.4 is 11.1 Å². The summed E-state index contributed by atoms with van der Waals surface area (Å²) in [5, 5.41) is 7.16. The zero-order valence-corrected chi connectivity index (χ0v) is 16.4. The number of carbonyl (C=O) groups is 3. The molecule has 1 saturated carbocycles. The summed E-state index contributed by atoms with van der Waals surface area (Å²) >= 11 is 0. The topological polar surface area (TPSA) is 110 Å². The van der Waals surface area contributed by atoms with Gasteiger partial charge in [-0.2, -0.15) is 5.10 Å². The van der Waals surface area contributed by atoms with Crippen molar-refractivity contribution in [3.63, 3.8) is 0 Å². The molecule has 3 rings (SSSR count). The van der Waals surface area contributed by atoms with Crippen molar-refractivity contribution in [1.82, 2.24) is 20.0 Å². The smallest absolute Gasteiger partial charge is 0.257 e. The lowest BCUT2D eigenvalue weighted by Gasteiger charge is -2.21. The largest absolute Gasteiger partial charge is 0.370 e. The van der Waals surface area contributed by atoms with Gasteiger partial charge in [-0.25, -0.2) is 0 Å². The van der Waals surface area contributed by atoms with Gasteiger partial charge < -0.3 is 16.0 Å². The van der Waals surface area contributed by atoms with Crippen molar-refractivity contribution < 1.29 is 14.4 Å². The van der Waals surface area contributed by atoms with Gasteiger partial charge in [-0.15, -0.1) is 0 Å². The van der Waals surface area contributed by atoms with Gasteiger partial charge >= 0.3 is 0 Å². The quantitative estimate of drug-likeness (QED) is 0.667. The molecule has 0 atom stereocenters. The minimum absolute atomic E-state index is 0.0732. The van der Waals surface area contributed by atoms with Gasteiger partial charge in [0.25, 0.3) is 5.91 Å². The Bertz CT molecular complexity index is 843. The van der Waals surface area contributed by atoms with Crippen molar-refractivity contribution >= 4 is 17.7 Å². The van der Waals surface area contributed by atoms with E-state index >= 15 is 0 Å². The van der Waals surface area contributed by atoms with E-state index in [4.69, 9.17) is 5.73 Å². The Morgan fingerprint density at radius 1 is 1.17 bits per heavy atom. The fourth-order valence-electron chi connectivity index (χ4n) is 3.54. The van der Waals surface area contributed by atoms with E-state index in [1.165, 1.54) is 10.9 Å². The van der Waals surface area contributed by atoms with Crippen molar-refractivity contribution in [2.24, 2.45) is 5.73 Å². The number of primary amides is 1. The highest BCUT2D eigenvalue weighted by Crippen LogP contribution is 2.17. The average molecular weight is 397 g/mol. The second-order valence-corrected chi connectivity index (χ2v) is 7.40. The predicted octanol–water partition coefficient (Wildman–Crippen LogP) is 1.46. The summed E-state index contributed by atoms with van der Waals surface area (Å²) < 4.78 is 1.46. The fourth-order valence-corrected chi connectivity index (χ4v) is 3.54. The number of nitrogens with two attached hydrogens (primary N) is 1. The molecule has 2 aromatic rings. The number of rotatable bonds is 9. The normalized spacial score (nSPS) is 13.9. The van der Waals surface area contributed by atoms with Crippen LogP contribution in [0.2, 0.25) is 0 Å². The number of hydrogen-bond donors (Lipinski definition) is 2. The second-order valence-electron chi connectivity index (χ2n) is 7.40. The monoisotopic (exact) mass is 397 g/mol. The zero-order valence-electron chi connectivity index (χ0n) is 16.4. The fraction of sp³-hybridized carbons (Fsp3) is 0.429. The Labute approximate surface area is 170 Å². The van der Waals surface area contributed by atoms with Gasteiger partial charge in [0.15, 0.2) is 0 Å². The molecule has 1 aliphatic carbocycles. The van der Waals surface area contributed by atoms with Gasteiger partial charge in [-0.3, -0.25) is 19.1 Å². The predicted molar refractivity (Wildman–Crippen MR) is 108 cm³/mol. The van der Waals surface area contributed by atoms with Gasteiger partial charge in [-0.1, -0.05) is 43.2 Å². The van der Waals surface area contributed by atoms with Gasteiger partial charge in [0.2, 0.25) is 11.8 Å². The summed E-state index contributed by atoms with van der Waals surface area (Å²) in [5.41, 5.74) is 6.59. The lowest BCUT2D eigenvalue weighted by molar-refractivity contribution is -0.122. The van der Waals surface area contributed by atoms with Crippen molar-refractivity contribution in [2.45, 2.75) is 51.2 Å². The molecule has 0 spiro atoms. The number of carbonyl (C=O) groups excluding carboxylic acids is 3. The van der Waals surface area contributed by atoms with E-state index < -0.39 is 5.91 Å². The molecule has 3 amide bonds. The van der Waals surface area contributed by atoms with E-state index in [9.17, 15) is 14.4 Å². The van der Waals surface area contributed by atoms with Crippen LogP contribution in [-0.2, 0) is 22.7 Å². The SMILES string of the molecule is NC(=O)CCN(Cc1ccccc1)C(=O)c1cnn(CC(=O)NC2CCCC2)c1. The molecule has 8 heteroatoms. The number of nitrogens with zero attached hydrogens (tertiary/aromatic N) is 3.